The zero-order valence-corrected chi connectivity index (χ0v) is 11.7. The van der Waals surface area contributed by atoms with Crippen molar-refractivity contribution in [2.45, 2.75) is 13.3 Å². The third-order valence-electron chi connectivity index (χ3n) is 3.75. The highest BCUT2D eigenvalue weighted by atomic mass is 16.5. The molecule has 0 aliphatic carbocycles. The highest BCUT2D eigenvalue weighted by molar-refractivity contribution is 5.92. The summed E-state index contributed by atoms with van der Waals surface area (Å²) in [4.78, 5) is 18.8. The molecule has 3 rings (SSSR count). The Balaban J connectivity index is 1.78. The van der Waals surface area contributed by atoms with Crippen LogP contribution in [0.2, 0.25) is 0 Å². The summed E-state index contributed by atoms with van der Waals surface area (Å²) < 4.78 is 7.25. The van der Waals surface area contributed by atoms with Crippen LogP contribution in [0.1, 0.15) is 23.8 Å². The molecule has 5 nitrogen and oxygen atoms in total. The number of ether oxygens (including phenoxy) is 1. The van der Waals surface area contributed by atoms with E-state index in [1.807, 2.05) is 40.6 Å². The number of aromatic nitrogens is 2. The molecule has 106 valence electrons. The quantitative estimate of drug-likeness (QED) is 0.854. The van der Waals surface area contributed by atoms with E-state index in [9.17, 15) is 4.79 Å². The van der Waals surface area contributed by atoms with Gasteiger partial charge >= 0.3 is 0 Å². The fourth-order valence-electron chi connectivity index (χ4n) is 2.59. The molecule has 5 heteroatoms. The van der Waals surface area contributed by atoms with Crippen LogP contribution in [0.5, 0.6) is 0 Å². The second-order valence-corrected chi connectivity index (χ2v) is 5.17. The Morgan fingerprint density at radius 3 is 3.15 bits per heavy atom. The van der Waals surface area contributed by atoms with Crippen LogP contribution in [-0.4, -0.2) is 46.5 Å². The fraction of sp³-hybridized carbons (Fsp3) is 0.467. The molecule has 1 fully saturated rings. The van der Waals surface area contributed by atoms with Crippen molar-refractivity contribution in [1.29, 1.82) is 0 Å². The van der Waals surface area contributed by atoms with Crippen LogP contribution in [0.15, 0.2) is 30.6 Å². The van der Waals surface area contributed by atoms with Gasteiger partial charge in [0, 0.05) is 38.0 Å². The van der Waals surface area contributed by atoms with Crippen molar-refractivity contribution >= 4 is 11.6 Å². The SMILES string of the molecule is CCN(CC1CCOC1)C(=O)c1cn2ccccc2n1. The van der Waals surface area contributed by atoms with Crippen LogP contribution in [0.4, 0.5) is 0 Å². The summed E-state index contributed by atoms with van der Waals surface area (Å²) in [5, 5.41) is 0. The predicted octanol–water partition coefficient (Wildman–Crippen LogP) is 1.83. The number of fused-ring (bicyclic) bond motifs is 1. The van der Waals surface area contributed by atoms with E-state index in [1.165, 1.54) is 0 Å². The number of hydrogen-bond acceptors (Lipinski definition) is 3. The maximum atomic E-state index is 12.5. The Bertz CT molecular complexity index is 569. The normalized spacial score (nSPS) is 18.6. The Labute approximate surface area is 118 Å². The Kier molecular flexibility index (Phi) is 3.69. The first-order valence-corrected chi connectivity index (χ1v) is 7.08. The third-order valence-corrected chi connectivity index (χ3v) is 3.75. The zero-order chi connectivity index (χ0) is 13.9. The number of carbonyl (C=O) groups is 1. The molecule has 2 aromatic heterocycles. The largest absolute Gasteiger partial charge is 0.381 e. The molecule has 0 N–H and O–H groups in total. The van der Waals surface area contributed by atoms with E-state index < -0.39 is 0 Å². The summed E-state index contributed by atoms with van der Waals surface area (Å²) in [7, 11) is 0. The second kappa shape index (κ2) is 5.63. The van der Waals surface area contributed by atoms with Crippen molar-refractivity contribution in [3.8, 4) is 0 Å². The lowest BCUT2D eigenvalue weighted by atomic mass is 10.1. The molecule has 0 spiro atoms. The molecule has 0 aromatic carbocycles. The van der Waals surface area contributed by atoms with Gasteiger partial charge in [-0.25, -0.2) is 4.98 Å². The van der Waals surface area contributed by atoms with Crippen LogP contribution in [0.25, 0.3) is 5.65 Å². The molecule has 0 bridgehead atoms. The van der Waals surface area contributed by atoms with Gasteiger partial charge in [0.25, 0.3) is 5.91 Å². The highest BCUT2D eigenvalue weighted by Gasteiger charge is 2.23. The highest BCUT2D eigenvalue weighted by Crippen LogP contribution is 2.15. The van der Waals surface area contributed by atoms with Crippen molar-refractivity contribution in [3.63, 3.8) is 0 Å². The molecule has 3 heterocycles. The summed E-state index contributed by atoms with van der Waals surface area (Å²) in [5.74, 6) is 0.457. The third kappa shape index (κ3) is 2.54. The van der Waals surface area contributed by atoms with Gasteiger partial charge in [0.2, 0.25) is 0 Å². The summed E-state index contributed by atoms with van der Waals surface area (Å²) in [5.41, 5.74) is 1.31. The molecule has 1 saturated heterocycles. The van der Waals surface area contributed by atoms with E-state index >= 15 is 0 Å². The van der Waals surface area contributed by atoms with Gasteiger partial charge in [-0.1, -0.05) is 6.07 Å². The molecule has 1 unspecified atom stereocenters. The Morgan fingerprint density at radius 1 is 1.55 bits per heavy atom. The first-order chi connectivity index (χ1) is 9.78. The molecule has 2 aromatic rings. The van der Waals surface area contributed by atoms with E-state index in [2.05, 4.69) is 4.98 Å². The van der Waals surface area contributed by atoms with Crippen molar-refractivity contribution in [1.82, 2.24) is 14.3 Å². The standard InChI is InChI=1S/C15H19N3O2/c1-2-17(9-12-6-8-20-11-12)15(19)13-10-18-7-4-3-5-14(18)16-13/h3-5,7,10,12H,2,6,8-9,11H2,1H3. The fourth-order valence-corrected chi connectivity index (χ4v) is 2.59. The molecule has 0 saturated carbocycles. The molecule has 0 radical (unpaired) electrons. The summed E-state index contributed by atoms with van der Waals surface area (Å²) in [6.45, 7) is 5.02. The number of nitrogens with zero attached hydrogens (tertiary/aromatic N) is 3. The lowest BCUT2D eigenvalue weighted by Crippen LogP contribution is -2.35. The monoisotopic (exact) mass is 273 g/mol. The average molecular weight is 273 g/mol. The second-order valence-electron chi connectivity index (χ2n) is 5.17. The van der Waals surface area contributed by atoms with Gasteiger partial charge in [0.05, 0.1) is 6.61 Å². The van der Waals surface area contributed by atoms with Crippen LogP contribution in [0.3, 0.4) is 0 Å². The summed E-state index contributed by atoms with van der Waals surface area (Å²) >= 11 is 0. The van der Waals surface area contributed by atoms with E-state index in [0.717, 1.165) is 31.8 Å². The van der Waals surface area contributed by atoms with E-state index in [1.54, 1.807) is 6.20 Å². The van der Waals surface area contributed by atoms with Gasteiger partial charge in [-0.3, -0.25) is 4.79 Å². The van der Waals surface area contributed by atoms with Crippen LogP contribution < -0.4 is 0 Å². The molecular weight excluding hydrogens is 254 g/mol. The molecular formula is C15H19N3O2. The average Bonchev–Trinajstić information content (AvgIpc) is 3.12. The number of imidazole rings is 1. The molecule has 1 atom stereocenters. The Morgan fingerprint density at radius 2 is 2.45 bits per heavy atom. The molecule has 1 amide bonds. The van der Waals surface area contributed by atoms with Crippen molar-refractivity contribution in [2.24, 2.45) is 5.92 Å². The van der Waals surface area contributed by atoms with E-state index in [4.69, 9.17) is 4.74 Å². The predicted molar refractivity (Wildman–Crippen MR) is 75.7 cm³/mol. The topological polar surface area (TPSA) is 46.8 Å². The number of hydrogen-bond donors (Lipinski definition) is 0. The lowest BCUT2D eigenvalue weighted by Gasteiger charge is -2.22. The maximum Gasteiger partial charge on any atom is 0.274 e. The number of carbonyl (C=O) groups excluding carboxylic acids is 1. The van der Waals surface area contributed by atoms with Crippen LogP contribution >= 0.6 is 0 Å². The van der Waals surface area contributed by atoms with Crippen LogP contribution in [-0.2, 0) is 4.74 Å². The zero-order valence-electron chi connectivity index (χ0n) is 11.7. The smallest absolute Gasteiger partial charge is 0.274 e. The first-order valence-electron chi connectivity index (χ1n) is 7.08. The van der Waals surface area contributed by atoms with Gasteiger partial charge in [-0.2, -0.15) is 0 Å². The first kappa shape index (κ1) is 13.1. The lowest BCUT2D eigenvalue weighted by molar-refractivity contribution is 0.0725. The number of rotatable bonds is 4. The molecule has 20 heavy (non-hydrogen) atoms. The van der Waals surface area contributed by atoms with Gasteiger partial charge < -0.3 is 14.0 Å². The van der Waals surface area contributed by atoms with E-state index in [-0.39, 0.29) is 5.91 Å². The van der Waals surface area contributed by atoms with Gasteiger partial charge in [0.15, 0.2) is 0 Å². The van der Waals surface area contributed by atoms with Gasteiger partial charge in [-0.05, 0) is 25.5 Å². The van der Waals surface area contributed by atoms with Crippen molar-refractivity contribution in [3.05, 3.63) is 36.3 Å². The van der Waals surface area contributed by atoms with Gasteiger partial charge in [-0.15, -0.1) is 0 Å². The minimum Gasteiger partial charge on any atom is -0.381 e. The van der Waals surface area contributed by atoms with Crippen LogP contribution in [0, 0.1) is 5.92 Å². The summed E-state index contributed by atoms with van der Waals surface area (Å²) in [6.07, 6.45) is 4.74. The molecule has 1 aliphatic heterocycles. The van der Waals surface area contributed by atoms with Crippen molar-refractivity contribution in [2.75, 3.05) is 26.3 Å². The minimum absolute atomic E-state index is 0.00287. The van der Waals surface area contributed by atoms with E-state index in [0.29, 0.717) is 18.2 Å². The number of pyridine rings is 1. The van der Waals surface area contributed by atoms with Crippen molar-refractivity contribution < 1.29 is 9.53 Å². The minimum atomic E-state index is 0.00287. The molecule has 1 aliphatic rings. The number of amides is 1. The maximum absolute atomic E-state index is 12.5. The summed E-state index contributed by atoms with van der Waals surface area (Å²) in [6, 6.07) is 5.75. The van der Waals surface area contributed by atoms with Gasteiger partial charge in [0.1, 0.15) is 11.3 Å². The Hall–Kier alpha value is -1.88.